The first kappa shape index (κ1) is 25.2. The molecule has 0 aliphatic carbocycles. The van der Waals surface area contributed by atoms with Crippen LogP contribution in [0.4, 0.5) is 0 Å². The normalized spacial score (nSPS) is 18.7. The van der Waals surface area contributed by atoms with Gasteiger partial charge in [-0.05, 0) is 46.6 Å². The predicted octanol–water partition coefficient (Wildman–Crippen LogP) is 3.62. The molecule has 1 amide bonds. The van der Waals surface area contributed by atoms with Crippen molar-refractivity contribution in [1.29, 1.82) is 0 Å². The minimum absolute atomic E-state index is 0.0333. The van der Waals surface area contributed by atoms with Gasteiger partial charge in [0.15, 0.2) is 0 Å². The fourth-order valence-electron chi connectivity index (χ4n) is 2.85. The van der Waals surface area contributed by atoms with E-state index in [1.807, 2.05) is 0 Å². The van der Waals surface area contributed by atoms with Crippen molar-refractivity contribution in [2.45, 2.75) is 79.0 Å². The van der Waals surface area contributed by atoms with Gasteiger partial charge < -0.3 is 9.47 Å². The third-order valence-corrected chi connectivity index (χ3v) is 5.18. The molecule has 1 aliphatic rings. The summed E-state index contributed by atoms with van der Waals surface area (Å²) in [6.45, 7) is 9.94. The van der Waals surface area contributed by atoms with Crippen LogP contribution in [0.25, 0.3) is 0 Å². The SMILES string of the molecule is CCCCCC(=O)C[C@@H]1C(=O)N(C(C(=O)OCOC(=O)C(C)(C)C)=C(C)C)[C@@H]1S. The van der Waals surface area contributed by atoms with E-state index in [0.717, 1.165) is 19.3 Å². The largest absolute Gasteiger partial charge is 0.427 e. The quantitative estimate of drug-likeness (QED) is 0.143. The zero-order valence-corrected chi connectivity index (χ0v) is 19.1. The molecule has 0 unspecified atom stereocenters. The van der Waals surface area contributed by atoms with E-state index in [1.165, 1.54) is 4.90 Å². The molecule has 164 valence electrons. The summed E-state index contributed by atoms with van der Waals surface area (Å²) in [5, 5.41) is -0.577. The molecule has 2 atom stereocenters. The van der Waals surface area contributed by atoms with Gasteiger partial charge in [-0.15, -0.1) is 0 Å². The Labute approximate surface area is 178 Å². The smallest absolute Gasteiger partial charge is 0.357 e. The van der Waals surface area contributed by atoms with Gasteiger partial charge in [-0.2, -0.15) is 12.6 Å². The number of thiol groups is 1. The van der Waals surface area contributed by atoms with Crippen molar-refractivity contribution in [3.63, 3.8) is 0 Å². The van der Waals surface area contributed by atoms with Crippen molar-refractivity contribution in [3.8, 4) is 0 Å². The number of esters is 2. The van der Waals surface area contributed by atoms with Crippen molar-refractivity contribution in [2.24, 2.45) is 11.3 Å². The van der Waals surface area contributed by atoms with Crippen molar-refractivity contribution in [2.75, 3.05) is 6.79 Å². The maximum absolute atomic E-state index is 12.6. The second-order valence-electron chi connectivity index (χ2n) is 8.51. The van der Waals surface area contributed by atoms with Crippen LogP contribution >= 0.6 is 12.6 Å². The van der Waals surface area contributed by atoms with E-state index in [2.05, 4.69) is 19.6 Å². The first-order valence-corrected chi connectivity index (χ1v) is 10.5. The molecule has 1 rings (SSSR count). The molecule has 1 fully saturated rings. The summed E-state index contributed by atoms with van der Waals surface area (Å²) >= 11 is 4.43. The van der Waals surface area contributed by atoms with Crippen LogP contribution in [0.5, 0.6) is 0 Å². The van der Waals surface area contributed by atoms with Gasteiger partial charge in [0.25, 0.3) is 0 Å². The fraction of sp³-hybridized carbons (Fsp3) is 0.714. The molecule has 0 N–H and O–H groups in total. The number of ether oxygens (including phenoxy) is 2. The molecule has 7 nitrogen and oxygen atoms in total. The summed E-state index contributed by atoms with van der Waals surface area (Å²) in [4.78, 5) is 50.2. The molecular weight excluding hydrogens is 394 g/mol. The molecule has 0 aromatic heterocycles. The van der Waals surface area contributed by atoms with Crippen LogP contribution in [0, 0.1) is 11.3 Å². The molecule has 8 heteroatoms. The van der Waals surface area contributed by atoms with E-state index in [9.17, 15) is 19.2 Å². The number of unbranched alkanes of at least 4 members (excludes halogenated alkanes) is 2. The van der Waals surface area contributed by atoms with Crippen LogP contribution in [-0.4, -0.2) is 40.7 Å². The summed E-state index contributed by atoms with van der Waals surface area (Å²) in [5.41, 5.74) is -0.0829. The third kappa shape index (κ3) is 6.87. The first-order valence-electron chi connectivity index (χ1n) is 9.96. The molecule has 0 aromatic rings. The Kier molecular flexibility index (Phi) is 9.39. The average molecular weight is 428 g/mol. The third-order valence-electron chi connectivity index (χ3n) is 4.59. The highest BCUT2D eigenvalue weighted by Gasteiger charge is 2.49. The highest BCUT2D eigenvalue weighted by atomic mass is 32.1. The summed E-state index contributed by atoms with van der Waals surface area (Å²) in [6.07, 6.45) is 3.40. The Balaban J connectivity index is 2.68. The number of likely N-dealkylation sites (tertiary alicyclic amines) is 1. The van der Waals surface area contributed by atoms with Gasteiger partial charge in [-0.3, -0.25) is 19.3 Å². The minimum atomic E-state index is -0.771. The lowest BCUT2D eigenvalue weighted by molar-refractivity contribution is -0.173. The highest BCUT2D eigenvalue weighted by molar-refractivity contribution is 7.81. The predicted molar refractivity (Wildman–Crippen MR) is 112 cm³/mol. The van der Waals surface area contributed by atoms with E-state index in [1.54, 1.807) is 34.6 Å². The maximum atomic E-state index is 12.6. The number of amides is 1. The molecule has 1 heterocycles. The monoisotopic (exact) mass is 427 g/mol. The van der Waals surface area contributed by atoms with E-state index < -0.39 is 35.4 Å². The van der Waals surface area contributed by atoms with Gasteiger partial charge in [0.1, 0.15) is 11.5 Å². The first-order chi connectivity index (χ1) is 13.4. The number of ketones is 1. The lowest BCUT2D eigenvalue weighted by Gasteiger charge is -2.45. The van der Waals surface area contributed by atoms with Crippen molar-refractivity contribution < 1.29 is 28.7 Å². The summed E-state index contributed by atoms with van der Waals surface area (Å²) in [5.74, 6) is -2.11. The van der Waals surface area contributed by atoms with Crippen LogP contribution in [0.1, 0.15) is 73.6 Å². The second-order valence-corrected chi connectivity index (χ2v) is 9.04. The lowest BCUT2D eigenvalue weighted by Crippen LogP contribution is -2.59. The number of allylic oxidation sites excluding steroid dienone is 1. The van der Waals surface area contributed by atoms with E-state index >= 15 is 0 Å². The molecule has 0 spiro atoms. The molecule has 0 bridgehead atoms. The Morgan fingerprint density at radius 2 is 1.72 bits per heavy atom. The molecule has 0 aromatic carbocycles. The van der Waals surface area contributed by atoms with Gasteiger partial charge in [-0.1, -0.05) is 19.8 Å². The molecule has 1 aliphatic heterocycles. The van der Waals surface area contributed by atoms with Crippen LogP contribution in [-0.2, 0) is 28.7 Å². The highest BCUT2D eigenvalue weighted by Crippen LogP contribution is 2.37. The molecular formula is C21H33NO6S. The van der Waals surface area contributed by atoms with Gasteiger partial charge in [0.2, 0.25) is 12.7 Å². The number of nitrogens with zero attached hydrogens (tertiary/aromatic N) is 1. The van der Waals surface area contributed by atoms with Gasteiger partial charge in [-0.25, -0.2) is 4.79 Å². The van der Waals surface area contributed by atoms with Crippen molar-refractivity contribution in [1.82, 2.24) is 4.90 Å². The van der Waals surface area contributed by atoms with E-state index in [4.69, 9.17) is 9.47 Å². The number of rotatable bonds is 10. The molecule has 0 saturated carbocycles. The van der Waals surface area contributed by atoms with Crippen molar-refractivity contribution in [3.05, 3.63) is 11.3 Å². The fourth-order valence-corrected chi connectivity index (χ4v) is 3.32. The zero-order valence-electron chi connectivity index (χ0n) is 18.2. The summed E-state index contributed by atoms with van der Waals surface area (Å²) < 4.78 is 9.97. The Hall–Kier alpha value is -1.83. The lowest BCUT2D eigenvalue weighted by atomic mass is 9.89. The van der Waals surface area contributed by atoms with E-state index in [-0.39, 0.29) is 23.8 Å². The zero-order chi connectivity index (χ0) is 22.4. The number of β-lactam (4-membered cyclic amide) rings is 1. The summed E-state index contributed by atoms with van der Waals surface area (Å²) in [7, 11) is 0. The molecule has 29 heavy (non-hydrogen) atoms. The topological polar surface area (TPSA) is 90.0 Å². The number of carbonyl (C=O) groups excluding carboxylic acids is 4. The van der Waals surface area contributed by atoms with E-state index in [0.29, 0.717) is 12.0 Å². The molecule has 0 radical (unpaired) electrons. The van der Waals surface area contributed by atoms with Crippen molar-refractivity contribution >= 4 is 36.3 Å². The Bertz CT molecular complexity index is 675. The van der Waals surface area contributed by atoms with Gasteiger partial charge in [0.05, 0.1) is 16.7 Å². The van der Waals surface area contributed by atoms with Crippen LogP contribution < -0.4 is 0 Å². The minimum Gasteiger partial charge on any atom is -0.427 e. The number of Topliss-reactive ketones (excluding diaryl/α,β-unsaturated/α-hetero) is 1. The Morgan fingerprint density at radius 3 is 2.21 bits per heavy atom. The Morgan fingerprint density at radius 1 is 1.10 bits per heavy atom. The average Bonchev–Trinajstić information content (AvgIpc) is 2.62. The van der Waals surface area contributed by atoms with Gasteiger partial charge in [0, 0.05) is 12.8 Å². The maximum Gasteiger partial charge on any atom is 0.357 e. The number of hydrogen-bond acceptors (Lipinski definition) is 7. The number of carbonyl (C=O) groups is 4. The number of hydrogen-bond donors (Lipinski definition) is 1. The van der Waals surface area contributed by atoms with Crippen LogP contribution in [0.3, 0.4) is 0 Å². The standard InChI is InChI=1S/C21H33NO6S/c1-7-8-9-10-14(23)11-15-17(24)22(18(15)29)16(13(2)3)19(25)27-12-28-20(26)21(4,5)6/h15,18,29H,7-12H2,1-6H3/t15-,18-/m1/s1. The second kappa shape index (κ2) is 10.8. The molecule has 1 saturated heterocycles. The summed E-state index contributed by atoms with van der Waals surface area (Å²) in [6, 6.07) is 0. The van der Waals surface area contributed by atoms with Crippen LogP contribution in [0.15, 0.2) is 11.3 Å². The van der Waals surface area contributed by atoms with Crippen LogP contribution in [0.2, 0.25) is 0 Å². The van der Waals surface area contributed by atoms with Gasteiger partial charge >= 0.3 is 11.9 Å².